The maximum absolute atomic E-state index is 14.8. The number of aliphatic carboxylic acids is 1. The molecular formula is C27H38FN3O3. The van der Waals surface area contributed by atoms with Gasteiger partial charge >= 0.3 is 12.0 Å². The van der Waals surface area contributed by atoms with Gasteiger partial charge in [0.1, 0.15) is 5.82 Å². The second kappa shape index (κ2) is 8.51. The second-order valence-electron chi connectivity index (χ2n) is 12.6. The van der Waals surface area contributed by atoms with Crippen molar-refractivity contribution in [3.05, 3.63) is 29.6 Å². The summed E-state index contributed by atoms with van der Waals surface area (Å²) < 4.78 is 14.8. The van der Waals surface area contributed by atoms with Gasteiger partial charge in [0.2, 0.25) is 0 Å². The van der Waals surface area contributed by atoms with Crippen LogP contribution >= 0.6 is 0 Å². The smallest absolute Gasteiger partial charge is 0.319 e. The lowest BCUT2D eigenvalue weighted by Crippen LogP contribution is -2.65. The van der Waals surface area contributed by atoms with E-state index in [1.54, 1.807) is 6.07 Å². The number of carbonyl (C=O) groups is 2. The van der Waals surface area contributed by atoms with Crippen molar-refractivity contribution in [1.82, 2.24) is 10.6 Å². The number of halogens is 1. The molecule has 6 nitrogen and oxygen atoms in total. The Labute approximate surface area is 201 Å². The summed E-state index contributed by atoms with van der Waals surface area (Å²) in [6.07, 6.45) is 9.83. The van der Waals surface area contributed by atoms with Crippen molar-refractivity contribution in [3.63, 3.8) is 0 Å². The summed E-state index contributed by atoms with van der Waals surface area (Å²) in [5.74, 6) is -0.710. The summed E-state index contributed by atoms with van der Waals surface area (Å²) in [4.78, 5) is 24.0. The standard InChI is InChI=1S/C27H38FN3O3/c1-25-10-18-11-26(2,14-25)16-27(12-18,15-25)31-24(34)30-22-8-3-17(9-21(22)28)13-29-20-6-4-19(5-7-20)23(32)33/h3,8-9,18-20,29H,4-7,10-16H2,1-2H3,(H,32,33)(H2,30,31,34)/t18?,19?,20?,25-,26+,27?. The molecule has 4 bridgehead atoms. The van der Waals surface area contributed by atoms with E-state index in [0.717, 1.165) is 37.7 Å². The lowest BCUT2D eigenvalue weighted by molar-refractivity contribution is -0.142. The first-order chi connectivity index (χ1) is 16.0. The van der Waals surface area contributed by atoms with E-state index in [9.17, 15) is 14.0 Å². The highest BCUT2D eigenvalue weighted by Crippen LogP contribution is 2.66. The van der Waals surface area contributed by atoms with Gasteiger partial charge in [0.25, 0.3) is 0 Å². The van der Waals surface area contributed by atoms with E-state index >= 15 is 0 Å². The minimum atomic E-state index is -0.709. The minimum absolute atomic E-state index is 0.174. The number of benzene rings is 1. The van der Waals surface area contributed by atoms with Crippen LogP contribution in [0.2, 0.25) is 0 Å². The van der Waals surface area contributed by atoms with Gasteiger partial charge in [-0.15, -0.1) is 0 Å². The Hall–Kier alpha value is -2.15. The van der Waals surface area contributed by atoms with Crippen LogP contribution in [-0.4, -0.2) is 28.7 Å². The highest BCUT2D eigenvalue weighted by atomic mass is 19.1. The number of carbonyl (C=O) groups excluding carboxylic acids is 1. The molecule has 0 aliphatic heterocycles. The summed E-state index contributed by atoms with van der Waals surface area (Å²) in [5.41, 5.74) is 1.44. The quantitative estimate of drug-likeness (QED) is 0.445. The van der Waals surface area contributed by atoms with Crippen molar-refractivity contribution in [2.75, 3.05) is 5.32 Å². The molecule has 1 aromatic carbocycles. The molecule has 0 aromatic heterocycles. The van der Waals surface area contributed by atoms with Crippen LogP contribution in [-0.2, 0) is 11.3 Å². The third-order valence-electron chi connectivity index (χ3n) is 8.96. The van der Waals surface area contributed by atoms with E-state index in [4.69, 9.17) is 5.11 Å². The summed E-state index contributed by atoms with van der Waals surface area (Å²) in [5, 5.41) is 18.6. The van der Waals surface area contributed by atoms with E-state index in [1.807, 2.05) is 6.07 Å². The maximum atomic E-state index is 14.8. The Morgan fingerprint density at radius 2 is 1.71 bits per heavy atom. The number of carboxylic acid groups (broad SMARTS) is 1. The van der Waals surface area contributed by atoms with Gasteiger partial charge in [-0.2, -0.15) is 0 Å². The van der Waals surface area contributed by atoms with Crippen molar-refractivity contribution in [1.29, 1.82) is 0 Å². The van der Waals surface area contributed by atoms with Gasteiger partial charge < -0.3 is 21.1 Å². The Morgan fingerprint density at radius 3 is 2.29 bits per heavy atom. The van der Waals surface area contributed by atoms with Crippen LogP contribution in [0.1, 0.15) is 83.6 Å². The zero-order valence-electron chi connectivity index (χ0n) is 20.4. The predicted molar refractivity (Wildman–Crippen MR) is 129 cm³/mol. The fourth-order valence-corrected chi connectivity index (χ4v) is 8.56. The number of urea groups is 1. The van der Waals surface area contributed by atoms with Gasteiger partial charge in [0, 0.05) is 18.1 Å². The molecule has 5 aliphatic carbocycles. The lowest BCUT2D eigenvalue weighted by atomic mass is 9.43. The zero-order valence-corrected chi connectivity index (χ0v) is 20.4. The molecule has 186 valence electrons. The van der Waals surface area contributed by atoms with Gasteiger partial charge in [-0.3, -0.25) is 4.79 Å². The van der Waals surface area contributed by atoms with Crippen LogP contribution < -0.4 is 16.0 Å². The Bertz CT molecular complexity index is 956. The summed E-state index contributed by atoms with van der Waals surface area (Å²) in [7, 11) is 0. The Morgan fingerprint density at radius 1 is 1.03 bits per heavy atom. The molecule has 5 aliphatic rings. The molecule has 0 saturated heterocycles. The first kappa shape index (κ1) is 23.6. The molecule has 2 unspecified atom stereocenters. The largest absolute Gasteiger partial charge is 0.481 e. The van der Waals surface area contributed by atoms with Crippen molar-refractivity contribution in [3.8, 4) is 0 Å². The van der Waals surface area contributed by atoms with E-state index in [1.165, 1.54) is 25.3 Å². The normalized spacial score (nSPS) is 38.5. The van der Waals surface area contributed by atoms with Crippen molar-refractivity contribution < 1.29 is 19.1 Å². The number of amides is 2. The van der Waals surface area contributed by atoms with E-state index < -0.39 is 11.8 Å². The first-order valence-corrected chi connectivity index (χ1v) is 12.9. The number of hydrogen-bond acceptors (Lipinski definition) is 3. The number of nitrogens with one attached hydrogen (secondary N) is 3. The number of carboxylic acids is 1. The molecule has 4 atom stereocenters. The average Bonchev–Trinajstić information content (AvgIpc) is 2.71. The fourth-order valence-electron chi connectivity index (χ4n) is 8.56. The second-order valence-corrected chi connectivity index (χ2v) is 12.6. The molecule has 1 aromatic rings. The molecular weight excluding hydrogens is 433 g/mol. The van der Waals surface area contributed by atoms with Crippen molar-refractivity contribution in [2.45, 2.75) is 96.2 Å². The summed E-state index contributed by atoms with van der Waals surface area (Å²) >= 11 is 0. The molecule has 5 saturated carbocycles. The first-order valence-electron chi connectivity index (χ1n) is 12.9. The molecule has 7 heteroatoms. The van der Waals surface area contributed by atoms with E-state index in [-0.39, 0.29) is 29.2 Å². The SMILES string of the molecule is C[C@]12CC3CC(NC(=O)Nc4ccc(CNC5CCC(C(=O)O)CC5)cc4F)(C1)C[C@@](C)(C3)C2. The summed E-state index contributed by atoms with van der Waals surface area (Å²) in [6.45, 7) is 5.26. The topological polar surface area (TPSA) is 90.5 Å². The molecule has 0 radical (unpaired) electrons. The number of rotatable bonds is 6. The highest BCUT2D eigenvalue weighted by molar-refractivity contribution is 5.90. The minimum Gasteiger partial charge on any atom is -0.481 e. The van der Waals surface area contributed by atoms with E-state index in [0.29, 0.717) is 36.1 Å². The molecule has 0 spiro atoms. The third kappa shape index (κ3) is 4.81. The van der Waals surface area contributed by atoms with Crippen LogP contribution in [0.3, 0.4) is 0 Å². The van der Waals surface area contributed by atoms with Gasteiger partial charge in [0.15, 0.2) is 0 Å². The van der Waals surface area contributed by atoms with Crippen molar-refractivity contribution >= 4 is 17.7 Å². The molecule has 0 heterocycles. The third-order valence-corrected chi connectivity index (χ3v) is 8.96. The number of hydrogen-bond donors (Lipinski definition) is 4. The van der Waals surface area contributed by atoms with Crippen LogP contribution in [0, 0.1) is 28.5 Å². The van der Waals surface area contributed by atoms with Gasteiger partial charge in [-0.05, 0) is 98.7 Å². The molecule has 5 fully saturated rings. The highest BCUT2D eigenvalue weighted by Gasteiger charge is 2.60. The van der Waals surface area contributed by atoms with Crippen LogP contribution in [0.4, 0.5) is 14.9 Å². The van der Waals surface area contributed by atoms with Crippen molar-refractivity contribution in [2.24, 2.45) is 22.7 Å². The molecule has 6 rings (SSSR count). The van der Waals surface area contributed by atoms with E-state index in [2.05, 4.69) is 29.8 Å². The lowest BCUT2D eigenvalue weighted by Gasteiger charge is -2.65. The Kier molecular flexibility index (Phi) is 5.90. The van der Waals surface area contributed by atoms with Crippen LogP contribution in [0.15, 0.2) is 18.2 Å². The summed E-state index contributed by atoms with van der Waals surface area (Å²) in [6, 6.07) is 4.88. The van der Waals surface area contributed by atoms with Crippen LogP contribution in [0.5, 0.6) is 0 Å². The fraction of sp³-hybridized carbons (Fsp3) is 0.704. The zero-order chi connectivity index (χ0) is 24.1. The monoisotopic (exact) mass is 471 g/mol. The predicted octanol–water partition coefficient (Wildman–Crippen LogP) is 5.43. The van der Waals surface area contributed by atoms with Gasteiger partial charge in [-0.25, -0.2) is 9.18 Å². The van der Waals surface area contributed by atoms with Gasteiger partial charge in [-0.1, -0.05) is 19.9 Å². The molecule has 34 heavy (non-hydrogen) atoms. The Balaban J connectivity index is 1.15. The van der Waals surface area contributed by atoms with Gasteiger partial charge in [0.05, 0.1) is 11.6 Å². The average molecular weight is 472 g/mol. The number of anilines is 1. The van der Waals surface area contributed by atoms with Crippen LogP contribution in [0.25, 0.3) is 0 Å². The molecule has 4 N–H and O–H groups in total. The maximum Gasteiger partial charge on any atom is 0.319 e. The molecule has 2 amide bonds.